The van der Waals surface area contributed by atoms with Crippen LogP contribution in [0.2, 0.25) is 0 Å². The van der Waals surface area contributed by atoms with Crippen LogP contribution < -0.4 is 4.74 Å². The number of aryl methyl sites for hydroxylation is 1. The number of nitrogens with zero attached hydrogens (tertiary/aromatic N) is 1. The van der Waals surface area contributed by atoms with Crippen molar-refractivity contribution in [2.45, 2.75) is 24.8 Å². The lowest BCUT2D eigenvalue weighted by molar-refractivity contribution is 0.302. The number of hydrogen-bond acceptors (Lipinski definition) is 4. The van der Waals surface area contributed by atoms with Crippen LogP contribution in [-0.2, 0) is 27.3 Å². The van der Waals surface area contributed by atoms with Crippen LogP contribution in [0.25, 0.3) is 10.9 Å². The summed E-state index contributed by atoms with van der Waals surface area (Å²) in [5.41, 5.74) is 2.92. The maximum atomic E-state index is 13.0. The predicted octanol–water partition coefficient (Wildman–Crippen LogP) is 5.12. The van der Waals surface area contributed by atoms with Gasteiger partial charge in [-0.15, -0.1) is 0 Å². The van der Waals surface area contributed by atoms with E-state index in [0.717, 1.165) is 22.0 Å². The molecule has 0 bridgehead atoms. The van der Waals surface area contributed by atoms with Crippen LogP contribution in [0.1, 0.15) is 11.1 Å². The molecule has 1 aromatic heterocycles. The predicted molar refractivity (Wildman–Crippen MR) is 122 cm³/mol. The highest BCUT2D eigenvalue weighted by Crippen LogP contribution is 2.23. The van der Waals surface area contributed by atoms with Crippen molar-refractivity contribution in [2.24, 2.45) is 0 Å². The summed E-state index contributed by atoms with van der Waals surface area (Å²) in [6, 6.07) is 20.7. The minimum atomic E-state index is -3.79. The average Bonchev–Trinajstić information content (AvgIpc) is 3.18. The molecule has 1 heterocycles. The summed E-state index contributed by atoms with van der Waals surface area (Å²) in [6.07, 6.45) is 2.57. The van der Waals surface area contributed by atoms with Gasteiger partial charge in [0.15, 0.2) is 0 Å². The summed E-state index contributed by atoms with van der Waals surface area (Å²) >= 11 is 0. The lowest BCUT2D eigenvalue weighted by atomic mass is 10.1. The van der Waals surface area contributed by atoms with E-state index in [-0.39, 0.29) is 17.3 Å². The van der Waals surface area contributed by atoms with Crippen LogP contribution in [0.3, 0.4) is 0 Å². The maximum absolute atomic E-state index is 13.0. The molecule has 32 heavy (non-hydrogen) atoms. The third-order valence-corrected chi connectivity index (χ3v) is 6.52. The zero-order valence-electron chi connectivity index (χ0n) is 17.7. The third-order valence-electron chi connectivity index (χ3n) is 5.20. The van der Waals surface area contributed by atoms with E-state index < -0.39 is 10.1 Å². The van der Waals surface area contributed by atoms with Gasteiger partial charge in [0.2, 0.25) is 0 Å². The molecule has 0 aliphatic heterocycles. The number of aromatic nitrogens is 1. The molecule has 0 atom stereocenters. The molecule has 0 saturated carbocycles. The number of ether oxygens (including phenoxy) is 1. The van der Waals surface area contributed by atoms with E-state index in [0.29, 0.717) is 25.3 Å². The Kier molecular flexibility index (Phi) is 6.58. The topological polar surface area (TPSA) is 57.5 Å². The molecule has 0 N–H and O–H groups in total. The van der Waals surface area contributed by atoms with Gasteiger partial charge in [-0.05, 0) is 60.3 Å². The number of fused-ring (bicyclic) bond motifs is 1. The number of halogens is 1. The van der Waals surface area contributed by atoms with Crippen LogP contribution >= 0.6 is 0 Å². The first-order valence-electron chi connectivity index (χ1n) is 10.3. The zero-order chi connectivity index (χ0) is 22.6. The van der Waals surface area contributed by atoms with Crippen LogP contribution in [-0.4, -0.2) is 26.2 Å². The Morgan fingerprint density at radius 1 is 0.906 bits per heavy atom. The van der Waals surface area contributed by atoms with Gasteiger partial charge in [0, 0.05) is 25.2 Å². The molecule has 0 saturated heterocycles. The number of hydrogen-bond donors (Lipinski definition) is 0. The van der Waals surface area contributed by atoms with E-state index in [1.165, 1.54) is 12.1 Å². The summed E-state index contributed by atoms with van der Waals surface area (Å²) in [6.45, 7) is 2.77. The van der Waals surface area contributed by atoms with Crippen molar-refractivity contribution in [2.75, 3.05) is 13.2 Å². The molecule has 3 aromatic carbocycles. The second kappa shape index (κ2) is 9.54. The summed E-state index contributed by atoms with van der Waals surface area (Å²) < 4.78 is 50.8. The highest BCUT2D eigenvalue weighted by atomic mass is 32.2. The SMILES string of the molecule is Cc1ccc(S(=O)(=O)OCCn2ccc3ccc(OCCc4ccc(F)cc4)cc32)cc1. The Hall–Kier alpha value is -3.16. The van der Waals surface area contributed by atoms with E-state index >= 15 is 0 Å². The molecule has 0 fully saturated rings. The number of benzene rings is 3. The van der Waals surface area contributed by atoms with Crippen molar-refractivity contribution in [3.63, 3.8) is 0 Å². The Bertz CT molecular complexity index is 1300. The third kappa shape index (κ3) is 5.36. The van der Waals surface area contributed by atoms with Gasteiger partial charge in [0.1, 0.15) is 11.6 Å². The van der Waals surface area contributed by atoms with Crippen LogP contribution in [0.5, 0.6) is 5.75 Å². The van der Waals surface area contributed by atoms with Crippen molar-refractivity contribution in [1.29, 1.82) is 0 Å². The highest BCUT2D eigenvalue weighted by Gasteiger charge is 2.15. The fourth-order valence-electron chi connectivity index (χ4n) is 3.40. The van der Waals surface area contributed by atoms with Crippen molar-refractivity contribution in [3.05, 3.63) is 95.9 Å². The maximum Gasteiger partial charge on any atom is 0.297 e. The van der Waals surface area contributed by atoms with E-state index in [2.05, 4.69) is 0 Å². The van der Waals surface area contributed by atoms with Crippen LogP contribution in [0.4, 0.5) is 4.39 Å². The van der Waals surface area contributed by atoms with Crippen molar-refractivity contribution >= 4 is 21.0 Å². The van der Waals surface area contributed by atoms with Crippen LogP contribution in [0.15, 0.2) is 83.9 Å². The van der Waals surface area contributed by atoms with Crippen molar-refractivity contribution in [1.82, 2.24) is 4.57 Å². The van der Waals surface area contributed by atoms with Crippen LogP contribution in [0, 0.1) is 12.7 Å². The molecule has 5 nitrogen and oxygen atoms in total. The molecule has 7 heteroatoms. The van der Waals surface area contributed by atoms with Gasteiger partial charge in [-0.25, -0.2) is 4.39 Å². The second-order valence-corrected chi connectivity index (χ2v) is 9.16. The Balaban J connectivity index is 1.37. The first kappa shape index (κ1) is 22.0. The Morgan fingerprint density at radius 2 is 1.66 bits per heavy atom. The van der Waals surface area contributed by atoms with Gasteiger partial charge in [-0.3, -0.25) is 4.18 Å². The minimum Gasteiger partial charge on any atom is -0.493 e. The Labute approximate surface area is 187 Å². The van der Waals surface area contributed by atoms with Gasteiger partial charge >= 0.3 is 0 Å². The molecule has 4 rings (SSSR count). The molecule has 0 aliphatic carbocycles. The number of rotatable bonds is 9. The van der Waals surface area contributed by atoms with E-state index in [4.69, 9.17) is 8.92 Å². The summed E-state index contributed by atoms with van der Waals surface area (Å²) in [4.78, 5) is 0.150. The second-order valence-electron chi connectivity index (χ2n) is 7.54. The zero-order valence-corrected chi connectivity index (χ0v) is 18.5. The molecule has 0 spiro atoms. The van der Waals surface area contributed by atoms with Crippen molar-refractivity contribution in [3.8, 4) is 5.75 Å². The quantitative estimate of drug-likeness (QED) is 0.330. The van der Waals surface area contributed by atoms with Gasteiger partial charge in [-0.2, -0.15) is 8.42 Å². The summed E-state index contributed by atoms with van der Waals surface area (Å²) in [5.74, 6) is 0.462. The first-order chi connectivity index (χ1) is 15.4. The van der Waals surface area contributed by atoms with E-state index in [1.807, 2.05) is 42.0 Å². The highest BCUT2D eigenvalue weighted by molar-refractivity contribution is 7.86. The standard InChI is InChI=1S/C25H24FNO4S/c1-19-2-10-24(11-3-19)32(28,29)31-17-15-27-14-12-21-6-9-23(18-25(21)27)30-16-13-20-4-7-22(26)8-5-20/h2-12,14,18H,13,15-17H2,1H3. The molecule has 0 unspecified atom stereocenters. The Morgan fingerprint density at radius 3 is 2.41 bits per heavy atom. The monoisotopic (exact) mass is 453 g/mol. The van der Waals surface area contributed by atoms with Crippen molar-refractivity contribution < 1.29 is 21.7 Å². The summed E-state index contributed by atoms with van der Waals surface area (Å²) in [7, 11) is -3.79. The van der Waals surface area contributed by atoms with Gasteiger partial charge in [0.05, 0.1) is 23.6 Å². The molecule has 0 aliphatic rings. The lowest BCUT2D eigenvalue weighted by Crippen LogP contribution is -2.12. The normalized spacial score (nSPS) is 11.7. The molecule has 0 amide bonds. The average molecular weight is 454 g/mol. The van der Waals surface area contributed by atoms with Gasteiger partial charge in [0.25, 0.3) is 10.1 Å². The van der Waals surface area contributed by atoms with Gasteiger partial charge in [-0.1, -0.05) is 29.8 Å². The lowest BCUT2D eigenvalue weighted by Gasteiger charge is -2.10. The fraction of sp³-hybridized carbons (Fsp3) is 0.200. The molecule has 166 valence electrons. The fourth-order valence-corrected chi connectivity index (χ4v) is 4.30. The van der Waals surface area contributed by atoms with E-state index in [9.17, 15) is 12.8 Å². The minimum absolute atomic E-state index is 0.0235. The first-order valence-corrected chi connectivity index (χ1v) is 11.7. The molecule has 0 radical (unpaired) electrons. The largest absolute Gasteiger partial charge is 0.493 e. The summed E-state index contributed by atoms with van der Waals surface area (Å²) in [5, 5.41) is 1.03. The van der Waals surface area contributed by atoms with E-state index in [1.54, 1.807) is 36.4 Å². The molecular formula is C25H24FNO4S. The molecule has 4 aromatic rings. The smallest absolute Gasteiger partial charge is 0.297 e. The van der Waals surface area contributed by atoms with Gasteiger partial charge < -0.3 is 9.30 Å². The molecular weight excluding hydrogens is 429 g/mol.